The molecule has 1 heterocycles. The fraction of sp³-hybridized carbons (Fsp3) is 0.579. The molecular weight excluding hydrogens is 320 g/mol. The van der Waals surface area contributed by atoms with Gasteiger partial charge in [0.25, 0.3) is 0 Å². The normalized spacial score (nSPS) is 20.9. The number of benzene rings is 1. The van der Waals surface area contributed by atoms with Gasteiger partial charge in [-0.15, -0.1) is 0 Å². The number of likely N-dealkylation sites (tertiary alicyclic amines) is 1. The third-order valence-electron chi connectivity index (χ3n) is 4.12. The van der Waals surface area contributed by atoms with E-state index in [-0.39, 0.29) is 6.04 Å². The molecule has 0 radical (unpaired) electrons. The first-order valence-corrected chi connectivity index (χ1v) is 8.65. The lowest BCUT2D eigenvalue weighted by molar-refractivity contribution is -0.148. The van der Waals surface area contributed by atoms with Crippen molar-refractivity contribution in [2.75, 3.05) is 13.7 Å². The molecule has 1 amide bonds. The third-order valence-corrected chi connectivity index (χ3v) is 4.12. The summed E-state index contributed by atoms with van der Waals surface area (Å²) in [4.78, 5) is 26.1. The van der Waals surface area contributed by atoms with Crippen LogP contribution >= 0.6 is 0 Å². The van der Waals surface area contributed by atoms with Gasteiger partial charge in [-0.25, -0.2) is 9.59 Å². The second-order valence-corrected chi connectivity index (χ2v) is 7.31. The average molecular weight is 348 g/mol. The molecule has 0 spiro atoms. The van der Waals surface area contributed by atoms with Crippen LogP contribution in [-0.4, -0.2) is 48.3 Å². The Hall–Kier alpha value is -2.08. The number of ether oxygens (including phenoxy) is 2. The van der Waals surface area contributed by atoms with Gasteiger partial charge in [0.2, 0.25) is 0 Å². The van der Waals surface area contributed by atoms with Crippen LogP contribution in [0.3, 0.4) is 0 Å². The SMILES string of the molecule is COC(=O)[C@@H]1CCC(NCc2ccccc2)CN1C(=O)OC(C)(C)C. The highest BCUT2D eigenvalue weighted by Gasteiger charge is 2.38. The van der Waals surface area contributed by atoms with E-state index >= 15 is 0 Å². The van der Waals surface area contributed by atoms with E-state index in [1.807, 2.05) is 39.0 Å². The summed E-state index contributed by atoms with van der Waals surface area (Å²) in [7, 11) is 1.34. The van der Waals surface area contributed by atoms with Crippen molar-refractivity contribution in [1.82, 2.24) is 10.2 Å². The van der Waals surface area contributed by atoms with E-state index in [0.29, 0.717) is 13.0 Å². The maximum atomic E-state index is 12.5. The van der Waals surface area contributed by atoms with Crippen LogP contribution in [0.4, 0.5) is 4.79 Å². The number of rotatable bonds is 4. The molecule has 1 aromatic carbocycles. The molecule has 0 aromatic heterocycles. The summed E-state index contributed by atoms with van der Waals surface area (Å²) >= 11 is 0. The molecular formula is C19H28N2O4. The predicted molar refractivity (Wildman–Crippen MR) is 95.0 cm³/mol. The Kier molecular flexibility index (Phi) is 6.42. The highest BCUT2D eigenvalue weighted by atomic mass is 16.6. The third kappa shape index (κ3) is 5.74. The minimum atomic E-state index is -0.609. The van der Waals surface area contributed by atoms with Crippen LogP contribution in [0.5, 0.6) is 0 Å². The molecule has 138 valence electrons. The van der Waals surface area contributed by atoms with Crippen molar-refractivity contribution < 1.29 is 19.1 Å². The van der Waals surface area contributed by atoms with Crippen LogP contribution in [-0.2, 0) is 20.8 Å². The van der Waals surface area contributed by atoms with E-state index in [0.717, 1.165) is 13.0 Å². The molecule has 6 heteroatoms. The predicted octanol–water partition coefficient (Wildman–Crippen LogP) is 2.72. The number of hydrogen-bond donors (Lipinski definition) is 1. The zero-order chi connectivity index (χ0) is 18.4. The second kappa shape index (κ2) is 8.34. The molecule has 0 bridgehead atoms. The van der Waals surface area contributed by atoms with Gasteiger partial charge in [-0.05, 0) is 39.2 Å². The molecule has 1 saturated heterocycles. The molecule has 1 aliphatic heterocycles. The average Bonchev–Trinajstić information content (AvgIpc) is 2.58. The Bertz CT molecular complexity index is 583. The maximum Gasteiger partial charge on any atom is 0.411 e. The van der Waals surface area contributed by atoms with Gasteiger partial charge in [-0.1, -0.05) is 30.3 Å². The summed E-state index contributed by atoms with van der Waals surface area (Å²) in [6, 6.07) is 9.60. The molecule has 6 nitrogen and oxygen atoms in total. The Morgan fingerprint density at radius 2 is 1.88 bits per heavy atom. The van der Waals surface area contributed by atoms with E-state index in [1.165, 1.54) is 17.6 Å². The molecule has 2 rings (SSSR count). The van der Waals surface area contributed by atoms with E-state index in [9.17, 15) is 9.59 Å². The number of hydrogen-bond acceptors (Lipinski definition) is 5. The second-order valence-electron chi connectivity index (χ2n) is 7.31. The number of piperidine rings is 1. The number of methoxy groups -OCH3 is 1. The molecule has 1 N–H and O–H groups in total. The highest BCUT2D eigenvalue weighted by Crippen LogP contribution is 2.22. The topological polar surface area (TPSA) is 67.9 Å². The summed E-state index contributed by atoms with van der Waals surface area (Å²) in [5, 5.41) is 3.46. The van der Waals surface area contributed by atoms with Crippen LogP contribution in [0.15, 0.2) is 30.3 Å². The van der Waals surface area contributed by atoms with Crippen molar-refractivity contribution in [3.63, 3.8) is 0 Å². The van der Waals surface area contributed by atoms with Crippen LogP contribution in [0.25, 0.3) is 0 Å². The summed E-state index contributed by atoms with van der Waals surface area (Å²) < 4.78 is 10.3. The zero-order valence-corrected chi connectivity index (χ0v) is 15.5. The first-order valence-electron chi connectivity index (χ1n) is 8.65. The zero-order valence-electron chi connectivity index (χ0n) is 15.5. The quantitative estimate of drug-likeness (QED) is 0.848. The van der Waals surface area contributed by atoms with E-state index < -0.39 is 23.7 Å². The van der Waals surface area contributed by atoms with Gasteiger partial charge in [0.15, 0.2) is 0 Å². The van der Waals surface area contributed by atoms with Gasteiger partial charge in [0.1, 0.15) is 11.6 Å². The number of nitrogens with one attached hydrogen (secondary N) is 1. The van der Waals surface area contributed by atoms with Gasteiger partial charge in [-0.2, -0.15) is 0 Å². The fourth-order valence-electron chi connectivity index (χ4n) is 2.90. The molecule has 1 fully saturated rings. The minimum absolute atomic E-state index is 0.105. The first-order chi connectivity index (χ1) is 11.8. The molecule has 1 unspecified atom stereocenters. The lowest BCUT2D eigenvalue weighted by atomic mass is 9.98. The van der Waals surface area contributed by atoms with Crippen molar-refractivity contribution >= 4 is 12.1 Å². The molecule has 1 aromatic rings. The standard InChI is InChI=1S/C19H28N2O4/c1-19(2,3)25-18(23)21-13-15(10-11-16(21)17(22)24-4)20-12-14-8-6-5-7-9-14/h5-9,15-16,20H,10-13H2,1-4H3/t15?,16-/m0/s1. The van der Waals surface area contributed by atoms with Crippen molar-refractivity contribution in [2.24, 2.45) is 0 Å². The van der Waals surface area contributed by atoms with Crippen LogP contribution < -0.4 is 5.32 Å². The Morgan fingerprint density at radius 1 is 1.20 bits per heavy atom. The minimum Gasteiger partial charge on any atom is -0.467 e. The molecule has 2 atom stereocenters. The van der Waals surface area contributed by atoms with Gasteiger partial charge < -0.3 is 14.8 Å². The number of carbonyl (C=O) groups excluding carboxylic acids is 2. The molecule has 0 saturated carbocycles. The van der Waals surface area contributed by atoms with Crippen molar-refractivity contribution in [3.05, 3.63) is 35.9 Å². The Balaban J connectivity index is 2.02. The van der Waals surface area contributed by atoms with E-state index in [2.05, 4.69) is 17.4 Å². The number of esters is 1. The van der Waals surface area contributed by atoms with Crippen molar-refractivity contribution in [1.29, 1.82) is 0 Å². The summed E-state index contributed by atoms with van der Waals surface area (Å²) in [6.07, 6.45) is 0.874. The van der Waals surface area contributed by atoms with Gasteiger partial charge in [0.05, 0.1) is 7.11 Å². The monoisotopic (exact) mass is 348 g/mol. The lowest BCUT2D eigenvalue weighted by Gasteiger charge is -2.39. The molecule has 1 aliphatic rings. The maximum absolute atomic E-state index is 12.5. The first kappa shape index (κ1) is 19.2. The van der Waals surface area contributed by atoms with Gasteiger partial charge >= 0.3 is 12.1 Å². The number of amides is 1. The van der Waals surface area contributed by atoms with Gasteiger partial charge in [-0.3, -0.25) is 4.90 Å². The number of nitrogens with zero attached hydrogens (tertiary/aromatic N) is 1. The van der Waals surface area contributed by atoms with Crippen molar-refractivity contribution in [3.8, 4) is 0 Å². The molecule has 0 aliphatic carbocycles. The van der Waals surface area contributed by atoms with Crippen LogP contribution in [0.1, 0.15) is 39.2 Å². The highest BCUT2D eigenvalue weighted by molar-refractivity contribution is 5.81. The lowest BCUT2D eigenvalue weighted by Crippen LogP contribution is -2.56. The van der Waals surface area contributed by atoms with Crippen LogP contribution in [0, 0.1) is 0 Å². The smallest absolute Gasteiger partial charge is 0.411 e. The fourth-order valence-corrected chi connectivity index (χ4v) is 2.90. The van der Waals surface area contributed by atoms with Crippen LogP contribution in [0.2, 0.25) is 0 Å². The van der Waals surface area contributed by atoms with Crippen molar-refractivity contribution in [2.45, 2.75) is 57.8 Å². The summed E-state index contributed by atoms with van der Waals surface area (Å²) in [6.45, 7) is 6.57. The van der Waals surface area contributed by atoms with Gasteiger partial charge in [0, 0.05) is 19.1 Å². The Morgan fingerprint density at radius 3 is 2.48 bits per heavy atom. The largest absolute Gasteiger partial charge is 0.467 e. The summed E-state index contributed by atoms with van der Waals surface area (Å²) in [5.74, 6) is -0.396. The Labute approximate surface area is 149 Å². The molecule has 25 heavy (non-hydrogen) atoms. The van der Waals surface area contributed by atoms with E-state index in [1.54, 1.807) is 0 Å². The number of carbonyl (C=O) groups is 2. The summed E-state index contributed by atoms with van der Waals surface area (Å²) in [5.41, 5.74) is 0.573. The van der Waals surface area contributed by atoms with E-state index in [4.69, 9.17) is 9.47 Å².